The van der Waals surface area contributed by atoms with Crippen molar-refractivity contribution < 1.29 is 13.6 Å². The number of aromatic nitrogens is 2. The summed E-state index contributed by atoms with van der Waals surface area (Å²) in [5, 5.41) is 5.42. The number of carbonyl (C=O) groups is 1. The number of hydrogen-bond donors (Lipinski definition) is 2. The highest BCUT2D eigenvalue weighted by atomic mass is 19.1. The average Bonchev–Trinajstić information content (AvgIpc) is 2.57. The zero-order valence-electron chi connectivity index (χ0n) is 12.3. The summed E-state index contributed by atoms with van der Waals surface area (Å²) in [4.78, 5) is 20.3. The first-order valence-corrected chi connectivity index (χ1v) is 7.03. The van der Waals surface area contributed by atoms with Gasteiger partial charge in [0.15, 0.2) is 0 Å². The molecule has 1 amide bonds. The van der Waals surface area contributed by atoms with Crippen LogP contribution < -0.4 is 10.6 Å². The van der Waals surface area contributed by atoms with Crippen LogP contribution in [0.25, 0.3) is 0 Å². The van der Waals surface area contributed by atoms with Crippen molar-refractivity contribution in [1.29, 1.82) is 0 Å². The van der Waals surface area contributed by atoms with Gasteiger partial charge in [-0.05, 0) is 48.5 Å². The van der Waals surface area contributed by atoms with Crippen molar-refractivity contribution in [3.63, 3.8) is 0 Å². The summed E-state index contributed by atoms with van der Waals surface area (Å²) in [6, 6.07) is 12.6. The first-order valence-electron chi connectivity index (χ1n) is 7.03. The molecule has 0 spiro atoms. The lowest BCUT2D eigenvalue weighted by Gasteiger charge is -2.07. The van der Waals surface area contributed by atoms with Gasteiger partial charge in [-0.15, -0.1) is 0 Å². The summed E-state index contributed by atoms with van der Waals surface area (Å²) in [5.41, 5.74) is 1.02. The van der Waals surface area contributed by atoms with Gasteiger partial charge in [0.25, 0.3) is 5.91 Å². The summed E-state index contributed by atoms with van der Waals surface area (Å²) in [6.45, 7) is 0. The topological polar surface area (TPSA) is 66.9 Å². The normalized spacial score (nSPS) is 10.2. The minimum absolute atomic E-state index is 0.110. The van der Waals surface area contributed by atoms with E-state index in [1.54, 1.807) is 6.07 Å². The summed E-state index contributed by atoms with van der Waals surface area (Å²) in [6.07, 6.45) is 1.42. The highest BCUT2D eigenvalue weighted by molar-refractivity contribution is 6.02. The molecule has 0 fully saturated rings. The third-order valence-corrected chi connectivity index (χ3v) is 3.07. The van der Waals surface area contributed by atoms with E-state index in [1.165, 1.54) is 54.7 Å². The summed E-state index contributed by atoms with van der Waals surface area (Å²) >= 11 is 0. The van der Waals surface area contributed by atoms with Gasteiger partial charge in [-0.2, -0.15) is 0 Å². The minimum Gasteiger partial charge on any atom is -0.324 e. The Kier molecular flexibility index (Phi) is 4.42. The van der Waals surface area contributed by atoms with Gasteiger partial charge in [0.1, 0.15) is 17.3 Å². The summed E-state index contributed by atoms with van der Waals surface area (Å²) in [7, 11) is 0. The average molecular weight is 326 g/mol. The molecule has 0 saturated heterocycles. The van der Waals surface area contributed by atoms with Gasteiger partial charge in [0.05, 0.1) is 0 Å². The van der Waals surface area contributed by atoms with Crippen LogP contribution in [0.3, 0.4) is 0 Å². The van der Waals surface area contributed by atoms with Crippen molar-refractivity contribution in [1.82, 2.24) is 9.97 Å². The van der Waals surface area contributed by atoms with Gasteiger partial charge >= 0.3 is 0 Å². The van der Waals surface area contributed by atoms with Crippen LogP contribution >= 0.6 is 0 Å². The molecule has 0 aliphatic heterocycles. The molecule has 2 N–H and O–H groups in total. The first kappa shape index (κ1) is 15.5. The molecule has 3 rings (SSSR count). The van der Waals surface area contributed by atoms with Gasteiger partial charge in [-0.25, -0.2) is 18.7 Å². The van der Waals surface area contributed by atoms with E-state index in [0.29, 0.717) is 11.4 Å². The van der Waals surface area contributed by atoms with E-state index in [2.05, 4.69) is 20.6 Å². The molecular weight excluding hydrogens is 314 g/mol. The molecule has 0 aliphatic carbocycles. The summed E-state index contributed by atoms with van der Waals surface area (Å²) < 4.78 is 26.0. The quantitative estimate of drug-likeness (QED) is 0.766. The molecule has 120 valence electrons. The molecule has 0 atom stereocenters. The Bertz CT molecular complexity index is 868. The molecule has 24 heavy (non-hydrogen) atoms. The van der Waals surface area contributed by atoms with Crippen molar-refractivity contribution in [3.05, 3.63) is 78.1 Å². The van der Waals surface area contributed by atoms with E-state index in [0.717, 1.165) is 0 Å². The molecular formula is C17H12F2N4O. The van der Waals surface area contributed by atoms with E-state index in [9.17, 15) is 13.6 Å². The Balaban J connectivity index is 1.74. The molecule has 0 aliphatic rings. The van der Waals surface area contributed by atoms with Gasteiger partial charge in [-0.3, -0.25) is 4.79 Å². The number of hydrogen-bond acceptors (Lipinski definition) is 4. The van der Waals surface area contributed by atoms with Crippen LogP contribution in [0.2, 0.25) is 0 Å². The van der Waals surface area contributed by atoms with Crippen LogP contribution in [-0.2, 0) is 0 Å². The predicted octanol–water partition coefficient (Wildman–Crippen LogP) is 3.75. The highest BCUT2D eigenvalue weighted by Gasteiger charge is 2.10. The molecule has 0 radical (unpaired) electrons. The number of halogens is 2. The highest BCUT2D eigenvalue weighted by Crippen LogP contribution is 2.14. The predicted molar refractivity (Wildman–Crippen MR) is 86.1 cm³/mol. The second-order valence-electron chi connectivity index (χ2n) is 4.86. The first-order chi connectivity index (χ1) is 11.6. The Hall–Kier alpha value is -3.35. The molecule has 1 aromatic heterocycles. The zero-order chi connectivity index (χ0) is 16.9. The maximum atomic E-state index is 13.1. The van der Waals surface area contributed by atoms with E-state index in [1.807, 2.05) is 0 Å². The number of nitrogens with zero attached hydrogens (tertiary/aromatic N) is 2. The lowest BCUT2D eigenvalue weighted by molar-refractivity contribution is 0.102. The van der Waals surface area contributed by atoms with Gasteiger partial charge in [0, 0.05) is 17.6 Å². The fourth-order valence-corrected chi connectivity index (χ4v) is 1.97. The molecule has 0 unspecified atom stereocenters. The van der Waals surface area contributed by atoms with Crippen molar-refractivity contribution >= 4 is 23.2 Å². The summed E-state index contributed by atoms with van der Waals surface area (Å²) in [5.74, 6) is -1.11. The Morgan fingerprint density at radius 3 is 2.46 bits per heavy atom. The lowest BCUT2D eigenvalue weighted by atomic mass is 10.3. The molecule has 7 heteroatoms. The van der Waals surface area contributed by atoms with Gasteiger partial charge in [-0.1, -0.05) is 6.07 Å². The van der Waals surface area contributed by atoms with E-state index in [-0.39, 0.29) is 17.5 Å². The smallest absolute Gasteiger partial charge is 0.274 e. The number of anilines is 3. The largest absolute Gasteiger partial charge is 0.324 e. The van der Waals surface area contributed by atoms with E-state index < -0.39 is 11.7 Å². The third kappa shape index (κ3) is 3.89. The van der Waals surface area contributed by atoms with Crippen molar-refractivity contribution in [2.75, 3.05) is 10.6 Å². The number of amides is 1. The molecule has 0 bridgehead atoms. The second kappa shape index (κ2) is 6.82. The maximum absolute atomic E-state index is 13.1. The molecule has 0 saturated carbocycles. The maximum Gasteiger partial charge on any atom is 0.274 e. The third-order valence-electron chi connectivity index (χ3n) is 3.07. The van der Waals surface area contributed by atoms with Crippen LogP contribution in [0.1, 0.15) is 10.5 Å². The Morgan fingerprint density at radius 1 is 0.917 bits per heavy atom. The Morgan fingerprint density at radius 2 is 1.71 bits per heavy atom. The van der Waals surface area contributed by atoms with E-state index >= 15 is 0 Å². The number of rotatable bonds is 4. The van der Waals surface area contributed by atoms with Crippen LogP contribution in [0, 0.1) is 11.6 Å². The molecule has 3 aromatic rings. The van der Waals surface area contributed by atoms with Crippen molar-refractivity contribution in [3.8, 4) is 0 Å². The SMILES string of the molecule is O=C(Nc1cccc(F)c1)c1ccnc(Nc2ccc(F)cc2)n1. The fraction of sp³-hybridized carbons (Fsp3) is 0. The zero-order valence-corrected chi connectivity index (χ0v) is 12.3. The van der Waals surface area contributed by atoms with Crippen molar-refractivity contribution in [2.24, 2.45) is 0 Å². The molecule has 2 aromatic carbocycles. The monoisotopic (exact) mass is 326 g/mol. The fourth-order valence-electron chi connectivity index (χ4n) is 1.97. The standard InChI is InChI=1S/C17H12F2N4O/c18-11-4-6-13(7-5-11)22-17-20-9-8-15(23-17)16(24)21-14-3-1-2-12(19)10-14/h1-10H,(H,21,24)(H,20,22,23). The Labute approximate surface area is 136 Å². The second-order valence-corrected chi connectivity index (χ2v) is 4.86. The van der Waals surface area contributed by atoms with E-state index in [4.69, 9.17) is 0 Å². The number of carbonyl (C=O) groups excluding carboxylic acids is 1. The number of nitrogens with one attached hydrogen (secondary N) is 2. The van der Waals surface area contributed by atoms with Crippen LogP contribution in [-0.4, -0.2) is 15.9 Å². The van der Waals surface area contributed by atoms with Crippen molar-refractivity contribution in [2.45, 2.75) is 0 Å². The van der Waals surface area contributed by atoms with Crippen LogP contribution in [0.4, 0.5) is 26.1 Å². The van der Waals surface area contributed by atoms with Gasteiger partial charge < -0.3 is 10.6 Å². The minimum atomic E-state index is -0.495. The van der Waals surface area contributed by atoms with Gasteiger partial charge in [0.2, 0.25) is 5.95 Å². The molecule has 5 nitrogen and oxygen atoms in total. The number of benzene rings is 2. The molecule has 1 heterocycles. The lowest BCUT2D eigenvalue weighted by Crippen LogP contribution is -2.14. The van der Waals surface area contributed by atoms with Crippen LogP contribution in [0.15, 0.2) is 60.8 Å². The van der Waals surface area contributed by atoms with Crippen LogP contribution in [0.5, 0.6) is 0 Å².